The topological polar surface area (TPSA) is 106 Å². The van der Waals surface area contributed by atoms with Crippen molar-refractivity contribution in [3.05, 3.63) is 95.6 Å². The fraction of sp³-hybridized carbons (Fsp3) is 0.174. The molecule has 0 saturated heterocycles. The van der Waals surface area contributed by atoms with Gasteiger partial charge in [-0.15, -0.1) is 10.2 Å². The summed E-state index contributed by atoms with van der Waals surface area (Å²) in [4.78, 5) is 4.58. The molecule has 0 saturated carbocycles. The summed E-state index contributed by atoms with van der Waals surface area (Å²) in [6, 6.07) is 21.7. The van der Waals surface area contributed by atoms with E-state index in [0.29, 0.717) is 12.4 Å². The SMILES string of the molecule is CCc1cc(NCc2ccc(OC(c3ccccc3)c3nn[nH]n3)cc2)n2nccc2n1. The van der Waals surface area contributed by atoms with E-state index in [-0.39, 0.29) is 0 Å². The summed E-state index contributed by atoms with van der Waals surface area (Å²) in [6.07, 6.45) is 2.17. The largest absolute Gasteiger partial charge is 0.478 e. The van der Waals surface area contributed by atoms with Crippen molar-refractivity contribution in [2.24, 2.45) is 0 Å². The van der Waals surface area contributed by atoms with E-state index in [2.05, 4.69) is 42.9 Å². The number of H-pyrrole nitrogens is 1. The number of rotatable bonds is 8. The molecule has 0 aliphatic heterocycles. The van der Waals surface area contributed by atoms with Crippen LogP contribution in [0.15, 0.2) is 72.9 Å². The second kappa shape index (κ2) is 8.84. The third-order valence-corrected chi connectivity index (χ3v) is 5.12. The fourth-order valence-electron chi connectivity index (χ4n) is 3.46. The Morgan fingerprint density at radius 1 is 1.06 bits per heavy atom. The first kappa shape index (κ1) is 19.7. The van der Waals surface area contributed by atoms with Crippen LogP contribution in [-0.2, 0) is 13.0 Å². The van der Waals surface area contributed by atoms with Crippen LogP contribution < -0.4 is 10.1 Å². The number of aromatic amines is 1. The zero-order valence-corrected chi connectivity index (χ0v) is 17.5. The number of nitrogens with one attached hydrogen (secondary N) is 2. The second-order valence-electron chi connectivity index (χ2n) is 7.26. The van der Waals surface area contributed by atoms with Crippen LogP contribution >= 0.6 is 0 Å². The Hall–Kier alpha value is -4.27. The van der Waals surface area contributed by atoms with Crippen LogP contribution in [0.2, 0.25) is 0 Å². The number of tetrazole rings is 1. The van der Waals surface area contributed by atoms with Gasteiger partial charge in [0.15, 0.2) is 11.8 Å². The monoisotopic (exact) mass is 426 g/mol. The summed E-state index contributed by atoms with van der Waals surface area (Å²) in [7, 11) is 0. The normalized spacial score (nSPS) is 12.0. The lowest BCUT2D eigenvalue weighted by molar-refractivity contribution is 0.237. The second-order valence-corrected chi connectivity index (χ2v) is 7.26. The van der Waals surface area contributed by atoms with E-state index >= 15 is 0 Å². The summed E-state index contributed by atoms with van der Waals surface area (Å²) in [6.45, 7) is 2.74. The number of ether oxygens (including phenoxy) is 1. The molecule has 0 amide bonds. The Kier molecular flexibility index (Phi) is 5.44. The first-order valence-corrected chi connectivity index (χ1v) is 10.4. The van der Waals surface area contributed by atoms with Crippen LogP contribution in [0.1, 0.15) is 35.7 Å². The van der Waals surface area contributed by atoms with Crippen molar-refractivity contribution in [3.8, 4) is 5.75 Å². The van der Waals surface area contributed by atoms with Gasteiger partial charge in [-0.2, -0.15) is 14.8 Å². The van der Waals surface area contributed by atoms with Gasteiger partial charge in [0.1, 0.15) is 11.6 Å². The van der Waals surface area contributed by atoms with Crippen LogP contribution in [0.4, 0.5) is 5.82 Å². The van der Waals surface area contributed by atoms with Crippen molar-refractivity contribution in [2.45, 2.75) is 26.0 Å². The lowest BCUT2D eigenvalue weighted by Gasteiger charge is -2.17. The molecule has 1 unspecified atom stereocenters. The number of hydrogen-bond donors (Lipinski definition) is 2. The first-order valence-electron chi connectivity index (χ1n) is 10.4. The third-order valence-electron chi connectivity index (χ3n) is 5.12. The van der Waals surface area contributed by atoms with Gasteiger partial charge in [0, 0.05) is 29.9 Å². The van der Waals surface area contributed by atoms with Gasteiger partial charge in [-0.05, 0) is 24.1 Å². The lowest BCUT2D eigenvalue weighted by atomic mass is 10.1. The molecule has 32 heavy (non-hydrogen) atoms. The number of nitrogens with zero attached hydrogens (tertiary/aromatic N) is 6. The van der Waals surface area contributed by atoms with Crippen molar-refractivity contribution in [2.75, 3.05) is 5.32 Å². The van der Waals surface area contributed by atoms with Gasteiger partial charge in [0.25, 0.3) is 0 Å². The highest BCUT2D eigenvalue weighted by Gasteiger charge is 2.20. The van der Waals surface area contributed by atoms with Crippen molar-refractivity contribution in [1.29, 1.82) is 0 Å². The smallest absolute Gasteiger partial charge is 0.219 e. The molecule has 0 radical (unpaired) electrons. The predicted molar refractivity (Wildman–Crippen MR) is 119 cm³/mol. The molecule has 0 aliphatic carbocycles. The van der Waals surface area contributed by atoms with Gasteiger partial charge in [0.2, 0.25) is 5.82 Å². The van der Waals surface area contributed by atoms with Gasteiger partial charge in [-0.3, -0.25) is 0 Å². The Morgan fingerprint density at radius 2 is 1.91 bits per heavy atom. The number of aryl methyl sites for hydroxylation is 1. The molecular weight excluding hydrogens is 404 g/mol. The predicted octanol–water partition coefficient (Wildman–Crippen LogP) is 3.59. The van der Waals surface area contributed by atoms with E-state index in [1.807, 2.05) is 71.2 Å². The number of anilines is 1. The summed E-state index contributed by atoms with van der Waals surface area (Å²) >= 11 is 0. The zero-order valence-electron chi connectivity index (χ0n) is 17.5. The quantitative estimate of drug-likeness (QED) is 0.391. The van der Waals surface area contributed by atoms with E-state index < -0.39 is 6.10 Å². The number of aromatic nitrogens is 7. The maximum Gasteiger partial charge on any atom is 0.219 e. The molecule has 9 heteroatoms. The van der Waals surface area contributed by atoms with Gasteiger partial charge in [-0.1, -0.05) is 54.6 Å². The molecule has 0 bridgehead atoms. The number of fused-ring (bicyclic) bond motifs is 1. The summed E-state index contributed by atoms with van der Waals surface area (Å²) in [5.74, 6) is 2.12. The van der Waals surface area contributed by atoms with E-state index in [4.69, 9.17) is 4.74 Å². The van der Waals surface area contributed by atoms with Crippen LogP contribution in [0.25, 0.3) is 5.65 Å². The highest BCUT2D eigenvalue weighted by Crippen LogP contribution is 2.26. The highest BCUT2D eigenvalue weighted by atomic mass is 16.5. The molecule has 5 aromatic rings. The minimum absolute atomic E-state index is 0.448. The Balaban J connectivity index is 1.31. The Bertz CT molecular complexity index is 1280. The summed E-state index contributed by atoms with van der Waals surface area (Å²) in [5.41, 5.74) is 3.93. The number of benzene rings is 2. The average molecular weight is 426 g/mol. The van der Waals surface area contributed by atoms with E-state index in [9.17, 15) is 0 Å². The maximum atomic E-state index is 6.21. The number of hydrogen-bond acceptors (Lipinski definition) is 7. The minimum Gasteiger partial charge on any atom is -0.478 e. The van der Waals surface area contributed by atoms with Gasteiger partial charge < -0.3 is 10.1 Å². The van der Waals surface area contributed by atoms with Crippen molar-refractivity contribution < 1.29 is 4.74 Å². The molecule has 9 nitrogen and oxygen atoms in total. The van der Waals surface area contributed by atoms with Crippen LogP contribution in [0.3, 0.4) is 0 Å². The molecular formula is C23H22N8O. The molecule has 2 N–H and O–H groups in total. The molecule has 160 valence electrons. The van der Waals surface area contributed by atoms with E-state index in [0.717, 1.165) is 40.5 Å². The van der Waals surface area contributed by atoms with Crippen LogP contribution in [0.5, 0.6) is 5.75 Å². The van der Waals surface area contributed by atoms with Crippen LogP contribution in [0, 0.1) is 0 Å². The lowest BCUT2D eigenvalue weighted by Crippen LogP contribution is -2.11. The Morgan fingerprint density at radius 3 is 2.66 bits per heavy atom. The van der Waals surface area contributed by atoms with Crippen molar-refractivity contribution in [1.82, 2.24) is 35.2 Å². The minimum atomic E-state index is -0.448. The maximum absolute atomic E-state index is 6.21. The fourth-order valence-corrected chi connectivity index (χ4v) is 3.46. The molecule has 1 atom stereocenters. The highest BCUT2D eigenvalue weighted by molar-refractivity contribution is 5.49. The zero-order chi connectivity index (χ0) is 21.8. The van der Waals surface area contributed by atoms with Crippen LogP contribution in [-0.4, -0.2) is 35.2 Å². The van der Waals surface area contributed by atoms with E-state index in [1.165, 1.54) is 0 Å². The average Bonchev–Trinajstić information content (AvgIpc) is 3.54. The van der Waals surface area contributed by atoms with Gasteiger partial charge in [-0.25, -0.2) is 4.98 Å². The third kappa shape index (κ3) is 4.13. The summed E-state index contributed by atoms with van der Waals surface area (Å²) < 4.78 is 8.02. The molecule has 0 aliphatic rings. The van der Waals surface area contributed by atoms with Crippen molar-refractivity contribution >= 4 is 11.5 Å². The van der Waals surface area contributed by atoms with E-state index in [1.54, 1.807) is 6.20 Å². The van der Waals surface area contributed by atoms with Gasteiger partial charge in [0.05, 0.1) is 6.20 Å². The molecule has 5 rings (SSSR count). The summed E-state index contributed by atoms with van der Waals surface area (Å²) in [5, 5.41) is 22.2. The Labute approximate surface area is 184 Å². The van der Waals surface area contributed by atoms with Crippen molar-refractivity contribution in [3.63, 3.8) is 0 Å². The molecule has 0 fully saturated rings. The molecule has 0 spiro atoms. The van der Waals surface area contributed by atoms with Gasteiger partial charge >= 0.3 is 0 Å². The molecule has 2 aromatic carbocycles. The molecule has 3 heterocycles. The standard InChI is InChI=1S/C23H22N8O/c1-2-18-14-21(31-20(26-18)12-13-25-31)24-15-16-8-10-19(11-9-16)32-22(23-27-29-30-28-23)17-6-4-3-5-7-17/h3-14,22,24H,2,15H2,1H3,(H,27,28,29,30). The first-order chi connectivity index (χ1) is 15.8. The molecule has 3 aromatic heterocycles.